The van der Waals surface area contributed by atoms with Crippen molar-refractivity contribution in [3.63, 3.8) is 0 Å². The summed E-state index contributed by atoms with van der Waals surface area (Å²) in [6.07, 6.45) is 0.198. The molecule has 2 N–H and O–H groups in total. The molecule has 6 heteroatoms. The van der Waals surface area contributed by atoms with Crippen LogP contribution in [0.15, 0.2) is 42.5 Å². The van der Waals surface area contributed by atoms with E-state index in [1.54, 1.807) is 29.2 Å². The number of hydrogen-bond acceptors (Lipinski definition) is 3. The van der Waals surface area contributed by atoms with Crippen LogP contribution in [0.1, 0.15) is 24.5 Å². The Morgan fingerprint density at radius 2 is 1.63 bits per heavy atom. The van der Waals surface area contributed by atoms with Crippen LogP contribution in [0.3, 0.4) is 0 Å². The summed E-state index contributed by atoms with van der Waals surface area (Å²) in [4.78, 5) is 37.8. The van der Waals surface area contributed by atoms with E-state index in [-0.39, 0.29) is 24.1 Å². The molecule has 1 unspecified atom stereocenters. The summed E-state index contributed by atoms with van der Waals surface area (Å²) in [5, 5.41) is 5.53. The molecule has 1 atom stereocenters. The first kappa shape index (κ1) is 18.6. The lowest BCUT2D eigenvalue weighted by Crippen LogP contribution is -2.28. The van der Waals surface area contributed by atoms with E-state index < -0.39 is 5.92 Å². The predicted octanol–water partition coefficient (Wildman–Crippen LogP) is 3.25. The van der Waals surface area contributed by atoms with Gasteiger partial charge in [-0.15, -0.1) is 0 Å². The van der Waals surface area contributed by atoms with Gasteiger partial charge < -0.3 is 15.5 Å². The van der Waals surface area contributed by atoms with E-state index in [0.29, 0.717) is 17.9 Å². The van der Waals surface area contributed by atoms with Crippen LogP contribution >= 0.6 is 0 Å². The molecule has 3 rings (SSSR count). The van der Waals surface area contributed by atoms with Crippen LogP contribution in [0, 0.1) is 19.8 Å². The Balaban J connectivity index is 1.66. The molecule has 140 valence electrons. The fourth-order valence-corrected chi connectivity index (χ4v) is 3.31. The maximum Gasteiger partial charge on any atom is 0.229 e. The van der Waals surface area contributed by atoms with E-state index in [1.807, 2.05) is 32.0 Å². The highest BCUT2D eigenvalue weighted by atomic mass is 16.2. The fourth-order valence-electron chi connectivity index (χ4n) is 3.31. The fraction of sp³-hybridized carbons (Fsp3) is 0.286. The van der Waals surface area contributed by atoms with Gasteiger partial charge in [0.25, 0.3) is 0 Å². The number of carbonyl (C=O) groups excluding carboxylic acids is 3. The van der Waals surface area contributed by atoms with Crippen molar-refractivity contribution in [2.24, 2.45) is 5.92 Å². The van der Waals surface area contributed by atoms with Gasteiger partial charge in [-0.2, -0.15) is 0 Å². The molecular formula is C21H23N3O3. The zero-order valence-corrected chi connectivity index (χ0v) is 15.7. The second-order valence-corrected chi connectivity index (χ2v) is 6.94. The Hall–Kier alpha value is -3.15. The standard InChI is InChI=1S/C21H23N3O3/c1-13-4-9-19(14(2)10-13)24-12-16(11-20(24)26)21(27)23-18-7-5-17(6-8-18)22-15(3)25/h4-10,16H,11-12H2,1-3H3,(H,22,25)(H,23,27). The highest BCUT2D eigenvalue weighted by Gasteiger charge is 2.35. The highest BCUT2D eigenvalue weighted by Crippen LogP contribution is 2.29. The number of hydrogen-bond donors (Lipinski definition) is 2. The van der Waals surface area contributed by atoms with Gasteiger partial charge in [0, 0.05) is 37.0 Å². The highest BCUT2D eigenvalue weighted by molar-refractivity contribution is 6.04. The van der Waals surface area contributed by atoms with Crippen molar-refractivity contribution in [2.45, 2.75) is 27.2 Å². The first-order valence-corrected chi connectivity index (χ1v) is 8.89. The smallest absolute Gasteiger partial charge is 0.229 e. The molecule has 0 aliphatic carbocycles. The Bertz CT molecular complexity index is 890. The zero-order valence-electron chi connectivity index (χ0n) is 15.7. The van der Waals surface area contributed by atoms with Gasteiger partial charge in [-0.3, -0.25) is 14.4 Å². The van der Waals surface area contributed by atoms with E-state index in [2.05, 4.69) is 10.6 Å². The molecule has 1 heterocycles. The lowest BCUT2D eigenvalue weighted by atomic mass is 10.1. The van der Waals surface area contributed by atoms with Gasteiger partial charge in [0.15, 0.2) is 0 Å². The van der Waals surface area contributed by atoms with Crippen LogP contribution in [0.2, 0.25) is 0 Å². The van der Waals surface area contributed by atoms with Crippen LogP contribution in [0.5, 0.6) is 0 Å². The molecule has 3 amide bonds. The maximum absolute atomic E-state index is 12.6. The Labute approximate surface area is 158 Å². The molecule has 1 aliphatic heterocycles. The predicted molar refractivity (Wildman–Crippen MR) is 106 cm³/mol. The minimum atomic E-state index is -0.395. The van der Waals surface area contributed by atoms with E-state index in [0.717, 1.165) is 16.8 Å². The van der Waals surface area contributed by atoms with Crippen molar-refractivity contribution in [3.8, 4) is 0 Å². The summed E-state index contributed by atoms with van der Waals surface area (Å²) < 4.78 is 0. The molecule has 6 nitrogen and oxygen atoms in total. The van der Waals surface area contributed by atoms with Crippen molar-refractivity contribution in [2.75, 3.05) is 22.1 Å². The lowest BCUT2D eigenvalue weighted by molar-refractivity contribution is -0.122. The Morgan fingerprint density at radius 1 is 1.00 bits per heavy atom. The molecule has 1 saturated heterocycles. The number of anilines is 3. The van der Waals surface area contributed by atoms with E-state index in [4.69, 9.17) is 0 Å². The van der Waals surface area contributed by atoms with Crippen LogP contribution in [-0.2, 0) is 14.4 Å². The van der Waals surface area contributed by atoms with Gasteiger partial charge in [0.1, 0.15) is 0 Å². The summed E-state index contributed by atoms with van der Waals surface area (Å²) in [6.45, 7) is 5.79. The van der Waals surface area contributed by atoms with E-state index >= 15 is 0 Å². The second kappa shape index (κ2) is 7.61. The van der Waals surface area contributed by atoms with E-state index in [9.17, 15) is 14.4 Å². The molecule has 2 aromatic rings. The van der Waals surface area contributed by atoms with Gasteiger partial charge in [-0.05, 0) is 49.7 Å². The number of amides is 3. The quantitative estimate of drug-likeness (QED) is 0.873. The third kappa shape index (κ3) is 4.34. The molecule has 27 heavy (non-hydrogen) atoms. The third-order valence-corrected chi connectivity index (χ3v) is 4.61. The number of benzene rings is 2. The van der Waals surface area contributed by atoms with Gasteiger partial charge in [-0.1, -0.05) is 17.7 Å². The van der Waals surface area contributed by atoms with Crippen LogP contribution in [0.4, 0.5) is 17.1 Å². The first-order valence-electron chi connectivity index (χ1n) is 8.89. The van der Waals surface area contributed by atoms with Crippen LogP contribution in [0.25, 0.3) is 0 Å². The average Bonchev–Trinajstić information content (AvgIpc) is 2.98. The van der Waals surface area contributed by atoms with Gasteiger partial charge in [0.2, 0.25) is 17.7 Å². The molecular weight excluding hydrogens is 342 g/mol. The summed E-state index contributed by atoms with van der Waals surface area (Å²) >= 11 is 0. The van der Waals surface area contributed by atoms with E-state index in [1.165, 1.54) is 6.92 Å². The molecule has 2 aromatic carbocycles. The SMILES string of the molecule is CC(=O)Nc1ccc(NC(=O)C2CC(=O)N(c3ccc(C)cc3C)C2)cc1. The number of nitrogens with one attached hydrogen (secondary N) is 2. The number of aryl methyl sites for hydroxylation is 2. The van der Waals surface area contributed by atoms with Crippen molar-refractivity contribution >= 4 is 34.8 Å². The zero-order chi connectivity index (χ0) is 19.6. The normalized spacial score (nSPS) is 16.3. The molecule has 0 bridgehead atoms. The number of rotatable bonds is 4. The molecule has 1 aliphatic rings. The molecule has 0 spiro atoms. The van der Waals surface area contributed by atoms with Crippen molar-refractivity contribution in [1.29, 1.82) is 0 Å². The minimum absolute atomic E-state index is 0.0388. The lowest BCUT2D eigenvalue weighted by Gasteiger charge is -2.19. The monoisotopic (exact) mass is 365 g/mol. The van der Waals surface area contributed by atoms with Gasteiger partial charge in [-0.25, -0.2) is 0 Å². The molecule has 1 fully saturated rings. The third-order valence-electron chi connectivity index (χ3n) is 4.61. The minimum Gasteiger partial charge on any atom is -0.326 e. The molecule has 0 radical (unpaired) electrons. The Morgan fingerprint density at radius 3 is 2.22 bits per heavy atom. The summed E-state index contributed by atoms with van der Waals surface area (Å²) in [7, 11) is 0. The van der Waals surface area contributed by atoms with Crippen molar-refractivity contribution < 1.29 is 14.4 Å². The van der Waals surface area contributed by atoms with Gasteiger partial charge in [0.05, 0.1) is 5.92 Å². The first-order chi connectivity index (χ1) is 12.8. The van der Waals surface area contributed by atoms with Crippen molar-refractivity contribution in [1.82, 2.24) is 0 Å². The summed E-state index contributed by atoms with van der Waals surface area (Å²) in [5.41, 5.74) is 4.32. The number of nitrogens with zero attached hydrogens (tertiary/aromatic N) is 1. The maximum atomic E-state index is 12.6. The van der Waals surface area contributed by atoms with Crippen molar-refractivity contribution in [3.05, 3.63) is 53.6 Å². The summed E-state index contributed by atoms with van der Waals surface area (Å²) in [6, 6.07) is 12.8. The van der Waals surface area contributed by atoms with Crippen LogP contribution < -0.4 is 15.5 Å². The number of carbonyl (C=O) groups is 3. The average molecular weight is 365 g/mol. The summed E-state index contributed by atoms with van der Waals surface area (Å²) in [5.74, 6) is -0.762. The molecule has 0 saturated carbocycles. The Kier molecular flexibility index (Phi) is 5.26. The van der Waals surface area contributed by atoms with Crippen LogP contribution in [-0.4, -0.2) is 24.3 Å². The second-order valence-electron chi connectivity index (χ2n) is 6.94. The van der Waals surface area contributed by atoms with Gasteiger partial charge >= 0.3 is 0 Å². The molecule has 0 aromatic heterocycles. The topological polar surface area (TPSA) is 78.5 Å². The largest absolute Gasteiger partial charge is 0.326 e.